The van der Waals surface area contributed by atoms with Gasteiger partial charge in [0.15, 0.2) is 0 Å². The molecule has 0 saturated heterocycles. The van der Waals surface area contributed by atoms with Gasteiger partial charge in [-0.1, -0.05) is 23.7 Å². The minimum atomic E-state index is -0.423. The highest BCUT2D eigenvalue weighted by atomic mass is 35.5. The van der Waals surface area contributed by atoms with Gasteiger partial charge in [-0.05, 0) is 57.0 Å². The summed E-state index contributed by atoms with van der Waals surface area (Å²) in [6, 6.07) is 11.8. The van der Waals surface area contributed by atoms with Crippen molar-refractivity contribution in [3.8, 4) is 5.75 Å². The van der Waals surface area contributed by atoms with Gasteiger partial charge in [-0.25, -0.2) is 0 Å². The predicted octanol–water partition coefficient (Wildman–Crippen LogP) is 4.77. The summed E-state index contributed by atoms with van der Waals surface area (Å²) in [5, 5.41) is 18.9. The molecule has 0 bridgehead atoms. The standard InChI is InChI=1S/C23H25ClN4O4/c1-15-12-20(8-9-21(15)28(30)31)32-14-18-6-4-7-19(13-18)23(29)25-10-5-11-27-17(3)22(24)16(2)26-27/h4,6-9,12-13H,5,10-11,14H2,1-3H3,(H,25,29). The van der Waals surface area contributed by atoms with Crippen LogP contribution < -0.4 is 10.1 Å². The first-order valence-electron chi connectivity index (χ1n) is 10.2. The van der Waals surface area contributed by atoms with Gasteiger partial charge in [-0.2, -0.15) is 5.10 Å². The third-order valence-corrected chi connectivity index (χ3v) is 5.63. The Morgan fingerprint density at radius 1 is 1.22 bits per heavy atom. The van der Waals surface area contributed by atoms with Gasteiger partial charge in [0.25, 0.3) is 11.6 Å². The van der Waals surface area contributed by atoms with Crippen LogP contribution in [0.25, 0.3) is 0 Å². The maximum Gasteiger partial charge on any atom is 0.272 e. The predicted molar refractivity (Wildman–Crippen MR) is 122 cm³/mol. The molecule has 1 aromatic heterocycles. The van der Waals surface area contributed by atoms with Gasteiger partial charge in [-0.3, -0.25) is 19.6 Å². The molecule has 2 aromatic carbocycles. The van der Waals surface area contributed by atoms with Crippen molar-refractivity contribution in [3.63, 3.8) is 0 Å². The van der Waals surface area contributed by atoms with Crippen LogP contribution in [0.5, 0.6) is 5.75 Å². The van der Waals surface area contributed by atoms with Crippen LogP contribution in [-0.2, 0) is 13.2 Å². The third kappa shape index (κ3) is 5.64. The molecule has 0 aliphatic heterocycles. The van der Waals surface area contributed by atoms with E-state index < -0.39 is 4.92 Å². The van der Waals surface area contributed by atoms with E-state index in [1.165, 1.54) is 6.07 Å². The molecular weight excluding hydrogens is 432 g/mol. The number of ether oxygens (including phenoxy) is 1. The average molecular weight is 457 g/mol. The van der Waals surface area contributed by atoms with Crippen molar-refractivity contribution in [2.24, 2.45) is 0 Å². The molecule has 32 heavy (non-hydrogen) atoms. The zero-order valence-corrected chi connectivity index (χ0v) is 19.0. The first-order valence-corrected chi connectivity index (χ1v) is 10.6. The van der Waals surface area contributed by atoms with Gasteiger partial charge >= 0.3 is 0 Å². The smallest absolute Gasteiger partial charge is 0.272 e. The number of hydrogen-bond acceptors (Lipinski definition) is 5. The highest BCUT2D eigenvalue weighted by Crippen LogP contribution is 2.24. The summed E-state index contributed by atoms with van der Waals surface area (Å²) < 4.78 is 7.59. The number of rotatable bonds is 9. The SMILES string of the molecule is Cc1cc(OCc2cccc(C(=O)NCCCn3nc(C)c(Cl)c3C)c2)ccc1[N+](=O)[O-]. The van der Waals surface area contributed by atoms with E-state index in [0.717, 1.165) is 23.4 Å². The fourth-order valence-corrected chi connectivity index (χ4v) is 3.45. The van der Waals surface area contributed by atoms with Crippen LogP contribution in [0.2, 0.25) is 5.02 Å². The number of carbonyl (C=O) groups excluding carboxylic acids is 1. The molecule has 0 aliphatic carbocycles. The Labute approximate surface area is 191 Å². The Kier molecular flexibility index (Phi) is 7.48. The first kappa shape index (κ1) is 23.3. The van der Waals surface area contributed by atoms with Crippen LogP contribution in [0.4, 0.5) is 5.69 Å². The second-order valence-electron chi connectivity index (χ2n) is 7.51. The molecule has 0 spiro atoms. The average Bonchev–Trinajstić information content (AvgIpc) is 3.01. The van der Waals surface area contributed by atoms with Crippen LogP contribution in [0.1, 0.15) is 39.3 Å². The normalized spacial score (nSPS) is 10.8. The maximum absolute atomic E-state index is 12.5. The van der Waals surface area contributed by atoms with Crippen molar-refractivity contribution in [1.82, 2.24) is 15.1 Å². The fourth-order valence-electron chi connectivity index (χ4n) is 3.32. The Balaban J connectivity index is 1.51. The third-order valence-electron chi connectivity index (χ3n) is 5.09. The fraction of sp³-hybridized carbons (Fsp3) is 0.304. The quantitative estimate of drug-likeness (QED) is 0.284. The molecule has 1 heterocycles. The van der Waals surface area contributed by atoms with E-state index in [4.69, 9.17) is 16.3 Å². The van der Waals surface area contributed by atoms with Crippen LogP contribution >= 0.6 is 11.6 Å². The zero-order chi connectivity index (χ0) is 23.3. The molecule has 1 amide bonds. The van der Waals surface area contributed by atoms with Gasteiger partial charge in [0.05, 0.1) is 21.3 Å². The van der Waals surface area contributed by atoms with Crippen molar-refractivity contribution in [3.05, 3.63) is 85.7 Å². The largest absolute Gasteiger partial charge is 0.489 e. The van der Waals surface area contributed by atoms with Crippen molar-refractivity contribution >= 4 is 23.2 Å². The van der Waals surface area contributed by atoms with Crippen molar-refractivity contribution in [2.75, 3.05) is 6.54 Å². The van der Waals surface area contributed by atoms with Gasteiger partial charge in [0.1, 0.15) is 12.4 Å². The molecule has 0 atom stereocenters. The summed E-state index contributed by atoms with van der Waals surface area (Å²) in [6.45, 7) is 6.88. The summed E-state index contributed by atoms with van der Waals surface area (Å²) in [4.78, 5) is 23.0. The number of nitro benzene ring substituents is 1. The molecule has 9 heteroatoms. The van der Waals surface area contributed by atoms with E-state index in [-0.39, 0.29) is 18.2 Å². The molecule has 0 saturated carbocycles. The number of carbonyl (C=O) groups is 1. The number of aromatic nitrogens is 2. The molecule has 8 nitrogen and oxygen atoms in total. The second-order valence-corrected chi connectivity index (χ2v) is 7.89. The van der Waals surface area contributed by atoms with Gasteiger partial charge < -0.3 is 10.1 Å². The summed E-state index contributed by atoms with van der Waals surface area (Å²) >= 11 is 6.16. The Morgan fingerprint density at radius 3 is 2.66 bits per heavy atom. The number of amides is 1. The van der Waals surface area contributed by atoms with Crippen LogP contribution in [0.15, 0.2) is 42.5 Å². The summed E-state index contributed by atoms with van der Waals surface area (Å²) in [5.74, 6) is 0.372. The van der Waals surface area contributed by atoms with Gasteiger partial charge in [0, 0.05) is 30.3 Å². The lowest BCUT2D eigenvalue weighted by Crippen LogP contribution is -2.25. The Morgan fingerprint density at radius 2 is 2.00 bits per heavy atom. The van der Waals surface area contributed by atoms with E-state index in [9.17, 15) is 14.9 Å². The van der Waals surface area contributed by atoms with E-state index in [1.54, 1.807) is 37.3 Å². The highest BCUT2D eigenvalue weighted by molar-refractivity contribution is 6.31. The summed E-state index contributed by atoms with van der Waals surface area (Å²) in [6.07, 6.45) is 0.728. The lowest BCUT2D eigenvalue weighted by Gasteiger charge is -2.10. The monoisotopic (exact) mass is 456 g/mol. The lowest BCUT2D eigenvalue weighted by molar-refractivity contribution is -0.385. The molecule has 0 fully saturated rings. The number of halogens is 1. The number of benzene rings is 2. The second kappa shape index (κ2) is 10.3. The Hall–Kier alpha value is -3.39. The molecule has 0 unspecified atom stereocenters. The van der Waals surface area contributed by atoms with E-state index >= 15 is 0 Å². The van der Waals surface area contributed by atoms with Crippen molar-refractivity contribution in [2.45, 2.75) is 40.3 Å². The minimum Gasteiger partial charge on any atom is -0.489 e. The van der Waals surface area contributed by atoms with Crippen molar-refractivity contribution in [1.29, 1.82) is 0 Å². The number of aryl methyl sites for hydroxylation is 3. The topological polar surface area (TPSA) is 99.3 Å². The van der Waals surface area contributed by atoms with E-state index in [1.807, 2.05) is 24.6 Å². The first-order chi connectivity index (χ1) is 15.3. The molecule has 3 aromatic rings. The molecule has 0 radical (unpaired) electrons. The number of nitrogens with one attached hydrogen (secondary N) is 1. The summed E-state index contributed by atoms with van der Waals surface area (Å²) in [7, 11) is 0. The molecule has 3 rings (SSSR count). The van der Waals surface area contributed by atoms with Crippen LogP contribution in [0.3, 0.4) is 0 Å². The highest BCUT2D eigenvalue weighted by Gasteiger charge is 2.12. The summed E-state index contributed by atoms with van der Waals surface area (Å²) in [5.41, 5.74) is 3.67. The number of nitro groups is 1. The molecular formula is C23H25ClN4O4. The lowest BCUT2D eigenvalue weighted by atomic mass is 10.1. The van der Waals surface area contributed by atoms with E-state index in [2.05, 4.69) is 10.4 Å². The minimum absolute atomic E-state index is 0.0527. The number of nitrogens with zero attached hydrogens (tertiary/aromatic N) is 3. The van der Waals surface area contributed by atoms with Gasteiger partial charge in [-0.15, -0.1) is 0 Å². The van der Waals surface area contributed by atoms with E-state index in [0.29, 0.717) is 35.0 Å². The molecule has 1 N–H and O–H groups in total. The number of hydrogen-bond donors (Lipinski definition) is 1. The van der Waals surface area contributed by atoms with Crippen LogP contribution in [0, 0.1) is 30.9 Å². The van der Waals surface area contributed by atoms with Crippen molar-refractivity contribution < 1.29 is 14.5 Å². The zero-order valence-electron chi connectivity index (χ0n) is 18.2. The van der Waals surface area contributed by atoms with Gasteiger partial charge in [0.2, 0.25) is 0 Å². The van der Waals surface area contributed by atoms with Crippen LogP contribution in [-0.4, -0.2) is 27.2 Å². The molecule has 0 aliphatic rings. The Bertz CT molecular complexity index is 1140. The maximum atomic E-state index is 12.5. The molecule has 168 valence electrons.